The van der Waals surface area contributed by atoms with Crippen molar-refractivity contribution in [1.82, 2.24) is 14.8 Å². The Morgan fingerprint density at radius 1 is 0.972 bits per heavy atom. The smallest absolute Gasteiger partial charge is 0.409 e. The van der Waals surface area contributed by atoms with E-state index in [4.69, 9.17) is 9.47 Å². The molecule has 0 radical (unpaired) electrons. The SMILES string of the molecule is CCCCOC(=O)c1ccc(NC(=O)Cc2csc(NC(=O)N3CCN(C(=O)OCC)CC3)n2)cc1. The van der Waals surface area contributed by atoms with Crippen molar-refractivity contribution in [2.75, 3.05) is 50.0 Å². The second-order valence-corrected chi connectivity index (χ2v) is 8.90. The number of ether oxygens (including phenoxy) is 2. The van der Waals surface area contributed by atoms with Crippen LogP contribution in [0, 0.1) is 0 Å². The van der Waals surface area contributed by atoms with Gasteiger partial charge in [-0.3, -0.25) is 10.1 Å². The fraction of sp³-hybridized carbons (Fsp3) is 0.458. The Labute approximate surface area is 213 Å². The van der Waals surface area contributed by atoms with Gasteiger partial charge in [-0.1, -0.05) is 13.3 Å². The van der Waals surface area contributed by atoms with E-state index in [-0.39, 0.29) is 30.4 Å². The van der Waals surface area contributed by atoms with Gasteiger partial charge in [-0.15, -0.1) is 11.3 Å². The van der Waals surface area contributed by atoms with E-state index >= 15 is 0 Å². The fourth-order valence-corrected chi connectivity index (χ4v) is 4.07. The Kier molecular flexibility index (Phi) is 10.0. The molecule has 11 nitrogen and oxygen atoms in total. The lowest BCUT2D eigenvalue weighted by Gasteiger charge is -2.33. The molecular formula is C24H31N5O6S. The van der Waals surface area contributed by atoms with Crippen molar-refractivity contribution in [3.05, 3.63) is 40.9 Å². The number of urea groups is 1. The maximum absolute atomic E-state index is 12.5. The number of hydrogen-bond donors (Lipinski definition) is 2. The summed E-state index contributed by atoms with van der Waals surface area (Å²) in [5.41, 5.74) is 1.50. The molecule has 194 valence electrons. The van der Waals surface area contributed by atoms with E-state index in [1.54, 1.807) is 46.4 Å². The first-order chi connectivity index (χ1) is 17.4. The van der Waals surface area contributed by atoms with Crippen LogP contribution in [0.25, 0.3) is 0 Å². The van der Waals surface area contributed by atoms with Crippen LogP contribution < -0.4 is 10.6 Å². The Balaban J connectivity index is 1.43. The number of esters is 1. The summed E-state index contributed by atoms with van der Waals surface area (Å²) >= 11 is 1.23. The first-order valence-corrected chi connectivity index (χ1v) is 12.8. The van der Waals surface area contributed by atoms with Gasteiger partial charge in [-0.2, -0.15) is 0 Å². The van der Waals surface area contributed by atoms with Crippen molar-refractivity contribution in [3.63, 3.8) is 0 Å². The van der Waals surface area contributed by atoms with Crippen LogP contribution in [0.3, 0.4) is 0 Å². The number of nitrogens with zero attached hydrogens (tertiary/aromatic N) is 3. The lowest BCUT2D eigenvalue weighted by atomic mass is 10.2. The van der Waals surface area contributed by atoms with Gasteiger partial charge in [0.05, 0.1) is 30.9 Å². The van der Waals surface area contributed by atoms with Crippen LogP contribution >= 0.6 is 11.3 Å². The highest BCUT2D eigenvalue weighted by Crippen LogP contribution is 2.18. The number of anilines is 2. The molecule has 1 fully saturated rings. The van der Waals surface area contributed by atoms with Crippen LogP contribution in [0.15, 0.2) is 29.6 Å². The molecular weight excluding hydrogens is 486 g/mol. The van der Waals surface area contributed by atoms with Gasteiger partial charge in [0.2, 0.25) is 5.91 Å². The highest BCUT2D eigenvalue weighted by Gasteiger charge is 2.25. The second kappa shape index (κ2) is 13.4. The second-order valence-electron chi connectivity index (χ2n) is 8.04. The first kappa shape index (κ1) is 26.9. The molecule has 2 aromatic rings. The highest BCUT2D eigenvalue weighted by molar-refractivity contribution is 7.13. The third-order valence-electron chi connectivity index (χ3n) is 5.34. The molecule has 0 atom stereocenters. The minimum atomic E-state index is -0.390. The summed E-state index contributed by atoms with van der Waals surface area (Å²) in [5.74, 6) is -0.661. The van der Waals surface area contributed by atoms with Crippen LogP contribution in [0.2, 0.25) is 0 Å². The van der Waals surface area contributed by atoms with Crippen LogP contribution in [0.5, 0.6) is 0 Å². The molecule has 12 heteroatoms. The van der Waals surface area contributed by atoms with E-state index in [1.807, 2.05) is 6.92 Å². The van der Waals surface area contributed by atoms with Gasteiger partial charge in [0.15, 0.2) is 5.13 Å². The molecule has 1 aromatic carbocycles. The Morgan fingerprint density at radius 2 is 1.67 bits per heavy atom. The van der Waals surface area contributed by atoms with Crippen molar-refractivity contribution < 1.29 is 28.7 Å². The summed E-state index contributed by atoms with van der Waals surface area (Å²) in [4.78, 5) is 56.2. The molecule has 1 aromatic heterocycles. The number of carbonyl (C=O) groups excluding carboxylic acids is 4. The van der Waals surface area contributed by atoms with Crippen LogP contribution in [0.4, 0.5) is 20.4 Å². The van der Waals surface area contributed by atoms with Crippen LogP contribution in [0.1, 0.15) is 42.7 Å². The molecule has 3 rings (SSSR count). The summed E-state index contributed by atoms with van der Waals surface area (Å²) in [6.07, 6.45) is 1.42. The third kappa shape index (κ3) is 7.94. The molecule has 0 unspecified atom stereocenters. The molecule has 1 saturated heterocycles. The summed E-state index contributed by atoms with van der Waals surface area (Å²) in [6, 6.07) is 6.18. The van der Waals surface area contributed by atoms with Gasteiger partial charge in [0.25, 0.3) is 0 Å². The molecule has 1 aliphatic rings. The van der Waals surface area contributed by atoms with Gasteiger partial charge in [0, 0.05) is 37.2 Å². The Bertz CT molecular complexity index is 1050. The summed E-state index contributed by atoms with van der Waals surface area (Å²) in [7, 11) is 0. The number of benzene rings is 1. The number of nitrogens with one attached hydrogen (secondary N) is 2. The standard InChI is InChI=1S/C24H31N5O6S/c1-3-5-14-35-21(31)17-6-8-18(9-7-17)25-20(30)15-19-16-36-22(26-19)27-23(32)28-10-12-29(13-11-28)24(33)34-4-2/h6-9,16H,3-5,10-15H2,1-2H3,(H,25,30)(H,26,27,32). The number of amides is 4. The van der Waals surface area contributed by atoms with Gasteiger partial charge >= 0.3 is 18.1 Å². The topological polar surface area (TPSA) is 130 Å². The number of hydrogen-bond acceptors (Lipinski definition) is 8. The number of unbranched alkanes of at least 4 members (excludes halogenated alkanes) is 1. The van der Waals surface area contributed by atoms with Crippen molar-refractivity contribution in [2.45, 2.75) is 33.1 Å². The summed E-state index contributed by atoms with van der Waals surface area (Å²) in [6.45, 7) is 6.04. The molecule has 4 amide bonds. The normalized spacial score (nSPS) is 13.2. The molecule has 0 spiro atoms. The number of aromatic nitrogens is 1. The molecule has 2 heterocycles. The maximum Gasteiger partial charge on any atom is 0.409 e. The molecule has 0 saturated carbocycles. The Hall–Kier alpha value is -3.67. The zero-order chi connectivity index (χ0) is 25.9. The maximum atomic E-state index is 12.5. The van der Waals surface area contributed by atoms with Gasteiger partial charge in [0.1, 0.15) is 0 Å². The molecule has 0 bridgehead atoms. The number of rotatable bonds is 9. The summed E-state index contributed by atoms with van der Waals surface area (Å²) < 4.78 is 10.2. The molecule has 2 N–H and O–H groups in total. The first-order valence-electron chi connectivity index (χ1n) is 11.9. The molecule has 0 aliphatic carbocycles. The van der Waals surface area contributed by atoms with Crippen LogP contribution in [-0.4, -0.2) is 78.2 Å². The van der Waals surface area contributed by atoms with Crippen molar-refractivity contribution in [1.29, 1.82) is 0 Å². The zero-order valence-electron chi connectivity index (χ0n) is 20.5. The van der Waals surface area contributed by atoms with Crippen molar-refractivity contribution in [2.24, 2.45) is 0 Å². The molecule has 1 aliphatic heterocycles. The lowest BCUT2D eigenvalue weighted by molar-refractivity contribution is -0.115. The van der Waals surface area contributed by atoms with E-state index in [2.05, 4.69) is 15.6 Å². The predicted octanol–water partition coefficient (Wildman–Crippen LogP) is 3.59. The number of carbonyl (C=O) groups is 4. The van der Waals surface area contributed by atoms with E-state index in [0.29, 0.717) is 61.5 Å². The fourth-order valence-electron chi connectivity index (χ4n) is 3.37. The number of thiazole rings is 1. The van der Waals surface area contributed by atoms with E-state index < -0.39 is 0 Å². The van der Waals surface area contributed by atoms with Crippen molar-refractivity contribution >= 4 is 46.2 Å². The Morgan fingerprint density at radius 3 is 2.33 bits per heavy atom. The van der Waals surface area contributed by atoms with Gasteiger partial charge < -0.3 is 24.6 Å². The number of piperazine rings is 1. The predicted molar refractivity (Wildman–Crippen MR) is 135 cm³/mol. The zero-order valence-corrected chi connectivity index (χ0v) is 21.3. The van der Waals surface area contributed by atoms with Gasteiger partial charge in [-0.05, 0) is 37.6 Å². The lowest BCUT2D eigenvalue weighted by Crippen LogP contribution is -2.51. The summed E-state index contributed by atoms with van der Waals surface area (Å²) in [5, 5.41) is 7.61. The largest absolute Gasteiger partial charge is 0.462 e. The van der Waals surface area contributed by atoms with E-state index in [0.717, 1.165) is 12.8 Å². The third-order valence-corrected chi connectivity index (χ3v) is 6.14. The minimum absolute atomic E-state index is 0.0331. The highest BCUT2D eigenvalue weighted by atomic mass is 32.1. The monoisotopic (exact) mass is 517 g/mol. The van der Waals surface area contributed by atoms with Crippen molar-refractivity contribution in [3.8, 4) is 0 Å². The minimum Gasteiger partial charge on any atom is -0.462 e. The quantitative estimate of drug-likeness (QED) is 0.384. The average molecular weight is 518 g/mol. The average Bonchev–Trinajstić information content (AvgIpc) is 3.31. The van der Waals surface area contributed by atoms with Gasteiger partial charge in [-0.25, -0.2) is 19.4 Å². The molecule has 36 heavy (non-hydrogen) atoms. The van der Waals surface area contributed by atoms with E-state index in [1.165, 1.54) is 11.3 Å². The van der Waals surface area contributed by atoms with E-state index in [9.17, 15) is 19.2 Å². The van der Waals surface area contributed by atoms with Crippen LogP contribution in [-0.2, 0) is 20.7 Å².